The number of amides is 1. The molecule has 5 rings (SSSR count). The molecule has 36 heavy (non-hydrogen) atoms. The first-order chi connectivity index (χ1) is 17.5. The second-order valence-electron chi connectivity index (χ2n) is 9.68. The number of aromatic nitrogens is 2. The molecule has 2 aromatic heterocycles. The Morgan fingerprint density at radius 2 is 2.06 bits per heavy atom. The molecule has 3 unspecified atom stereocenters. The van der Waals surface area contributed by atoms with Crippen LogP contribution in [0, 0.1) is 0 Å². The van der Waals surface area contributed by atoms with E-state index in [1.165, 1.54) is 17.3 Å². The summed E-state index contributed by atoms with van der Waals surface area (Å²) in [5, 5.41) is 15.8. The summed E-state index contributed by atoms with van der Waals surface area (Å²) in [5.41, 5.74) is 16.0. The number of thioether (sulfide) groups is 1. The highest BCUT2D eigenvalue weighted by Crippen LogP contribution is 2.45. The highest BCUT2D eigenvalue weighted by atomic mass is 32.2. The molecule has 0 radical (unpaired) electrons. The number of carbonyl (C=O) groups excluding carboxylic acids is 1. The second kappa shape index (κ2) is 10.7. The predicted molar refractivity (Wildman–Crippen MR) is 144 cm³/mol. The van der Waals surface area contributed by atoms with E-state index < -0.39 is 17.4 Å². The van der Waals surface area contributed by atoms with Gasteiger partial charge < -0.3 is 26.8 Å². The van der Waals surface area contributed by atoms with E-state index >= 15 is 0 Å². The molecule has 1 saturated heterocycles. The second-order valence-corrected chi connectivity index (χ2v) is 10.8. The van der Waals surface area contributed by atoms with Crippen molar-refractivity contribution in [1.82, 2.24) is 15.3 Å². The fraction of sp³-hybridized carbons (Fsp3) is 0.444. The summed E-state index contributed by atoms with van der Waals surface area (Å²) in [6, 6.07) is 11.9. The minimum absolute atomic E-state index is 0.329. The van der Waals surface area contributed by atoms with Gasteiger partial charge in [-0.05, 0) is 48.6 Å². The zero-order valence-electron chi connectivity index (χ0n) is 20.6. The average molecular weight is 507 g/mol. The molecule has 1 amide bonds. The van der Waals surface area contributed by atoms with Crippen LogP contribution in [0.1, 0.15) is 55.0 Å². The lowest BCUT2D eigenvalue weighted by Gasteiger charge is -2.34. The number of nitrogens with one attached hydrogen (secondary N) is 1. The van der Waals surface area contributed by atoms with Crippen LogP contribution in [0.15, 0.2) is 47.6 Å². The Kier molecular flexibility index (Phi) is 7.43. The zero-order valence-corrected chi connectivity index (χ0v) is 21.4. The van der Waals surface area contributed by atoms with Gasteiger partial charge in [-0.3, -0.25) is 9.78 Å². The van der Waals surface area contributed by atoms with Gasteiger partial charge in [0.05, 0.1) is 17.7 Å². The van der Waals surface area contributed by atoms with Crippen molar-refractivity contribution in [3.8, 4) is 0 Å². The Labute approximate surface area is 215 Å². The number of rotatable bonds is 8. The molecule has 2 aliphatic heterocycles. The fourth-order valence-corrected chi connectivity index (χ4v) is 6.52. The molecule has 6 N–H and O–H groups in total. The highest BCUT2D eigenvalue weighted by Gasteiger charge is 2.38. The van der Waals surface area contributed by atoms with Crippen LogP contribution in [0.5, 0.6) is 0 Å². The molecule has 4 heterocycles. The van der Waals surface area contributed by atoms with Crippen LogP contribution >= 0.6 is 11.8 Å². The Balaban J connectivity index is 1.22. The molecule has 9 heteroatoms. The SMILES string of the molecule is CCCc1cc(N2CCC(NCC(O)c3ccnc4ccccc34)CC2)nc2c1C(N)C(C(N)=O)S2. The Bertz CT molecular complexity index is 1240. The molecule has 1 aromatic carbocycles. The van der Waals surface area contributed by atoms with Crippen molar-refractivity contribution in [2.24, 2.45) is 11.5 Å². The molecule has 0 aliphatic carbocycles. The summed E-state index contributed by atoms with van der Waals surface area (Å²) in [4.78, 5) is 23.5. The molecular formula is C27H34N6O2S. The summed E-state index contributed by atoms with van der Waals surface area (Å²) in [5.74, 6) is 0.562. The lowest BCUT2D eigenvalue weighted by Crippen LogP contribution is -2.44. The molecule has 2 aliphatic rings. The summed E-state index contributed by atoms with van der Waals surface area (Å²) >= 11 is 1.40. The van der Waals surface area contributed by atoms with Crippen molar-refractivity contribution in [2.45, 2.75) is 61.1 Å². The third-order valence-electron chi connectivity index (χ3n) is 7.25. The molecular weight excluding hydrogens is 472 g/mol. The number of primary amides is 1. The molecule has 8 nitrogen and oxygen atoms in total. The number of anilines is 1. The first-order valence-electron chi connectivity index (χ1n) is 12.7. The topological polar surface area (TPSA) is 130 Å². The van der Waals surface area contributed by atoms with E-state index in [1.54, 1.807) is 6.20 Å². The molecule has 190 valence electrons. The van der Waals surface area contributed by atoms with Gasteiger partial charge in [-0.1, -0.05) is 43.3 Å². The van der Waals surface area contributed by atoms with Gasteiger partial charge in [0.15, 0.2) is 0 Å². The van der Waals surface area contributed by atoms with Crippen LogP contribution < -0.4 is 21.7 Å². The maximum Gasteiger partial charge on any atom is 0.232 e. The van der Waals surface area contributed by atoms with E-state index in [9.17, 15) is 9.90 Å². The number of nitrogens with zero attached hydrogens (tertiary/aromatic N) is 3. The number of carbonyl (C=O) groups is 1. The number of aryl methyl sites for hydroxylation is 1. The van der Waals surface area contributed by atoms with Gasteiger partial charge in [-0.15, -0.1) is 0 Å². The molecule has 1 fully saturated rings. The Hall–Kier alpha value is -2.72. The van der Waals surface area contributed by atoms with Crippen molar-refractivity contribution in [2.75, 3.05) is 24.5 Å². The van der Waals surface area contributed by atoms with Crippen LogP contribution in [0.25, 0.3) is 10.9 Å². The van der Waals surface area contributed by atoms with Crippen molar-refractivity contribution in [3.05, 3.63) is 59.3 Å². The number of aliphatic hydroxyl groups is 1. The number of benzene rings is 1. The normalized spacial score (nSPS) is 21.0. The molecule has 3 aromatic rings. The minimum Gasteiger partial charge on any atom is -0.387 e. The first kappa shape index (κ1) is 25.0. The Morgan fingerprint density at radius 3 is 2.81 bits per heavy atom. The van der Waals surface area contributed by atoms with E-state index in [4.69, 9.17) is 16.5 Å². The van der Waals surface area contributed by atoms with E-state index in [0.717, 1.165) is 71.6 Å². The van der Waals surface area contributed by atoms with Crippen LogP contribution in [0.2, 0.25) is 0 Å². The van der Waals surface area contributed by atoms with Gasteiger partial charge >= 0.3 is 0 Å². The third kappa shape index (κ3) is 4.93. The molecule has 0 saturated carbocycles. The quantitative estimate of drug-likeness (QED) is 0.367. The summed E-state index contributed by atoms with van der Waals surface area (Å²) in [6.45, 7) is 4.39. The summed E-state index contributed by atoms with van der Waals surface area (Å²) in [6.07, 6.45) is 4.98. The summed E-state index contributed by atoms with van der Waals surface area (Å²) in [7, 11) is 0. The average Bonchev–Trinajstić information content (AvgIpc) is 3.24. The van der Waals surface area contributed by atoms with Gasteiger partial charge in [0, 0.05) is 42.8 Å². The standard InChI is InChI=1S/C27H34N6O2S/c1-2-5-16-14-22(32-27-23(16)24(28)25(36-27)26(29)35)33-12-9-17(10-13-33)31-15-21(34)19-8-11-30-20-7-4-3-6-18(19)20/h3-4,6-8,11,14,17,21,24-25,31,34H,2,5,9-10,12-13,15,28H2,1H3,(H2,29,35). The van der Waals surface area contributed by atoms with Crippen molar-refractivity contribution in [1.29, 1.82) is 0 Å². The van der Waals surface area contributed by atoms with Crippen LogP contribution in [-0.4, -0.2) is 51.9 Å². The highest BCUT2D eigenvalue weighted by molar-refractivity contribution is 8.01. The number of nitrogens with two attached hydrogens (primary N) is 2. The van der Waals surface area contributed by atoms with Gasteiger partial charge in [0.25, 0.3) is 0 Å². The lowest BCUT2D eigenvalue weighted by atomic mass is 9.97. The van der Waals surface area contributed by atoms with E-state index in [0.29, 0.717) is 12.6 Å². The predicted octanol–water partition coefficient (Wildman–Crippen LogP) is 2.83. The molecule has 3 atom stereocenters. The van der Waals surface area contributed by atoms with Gasteiger partial charge in [-0.2, -0.15) is 0 Å². The number of piperidine rings is 1. The Morgan fingerprint density at radius 1 is 1.28 bits per heavy atom. The monoisotopic (exact) mass is 506 g/mol. The zero-order chi connectivity index (χ0) is 25.2. The number of pyridine rings is 2. The number of hydrogen-bond donors (Lipinski definition) is 4. The van der Waals surface area contributed by atoms with Gasteiger partial charge in [-0.25, -0.2) is 4.98 Å². The van der Waals surface area contributed by atoms with Crippen molar-refractivity contribution >= 4 is 34.4 Å². The number of hydrogen-bond acceptors (Lipinski definition) is 8. The van der Waals surface area contributed by atoms with E-state index in [1.807, 2.05) is 30.3 Å². The smallest absolute Gasteiger partial charge is 0.232 e. The molecule has 0 spiro atoms. The van der Waals surface area contributed by atoms with E-state index in [2.05, 4.69) is 28.2 Å². The number of aliphatic hydroxyl groups excluding tert-OH is 1. The largest absolute Gasteiger partial charge is 0.387 e. The van der Waals surface area contributed by atoms with E-state index in [-0.39, 0.29) is 5.91 Å². The minimum atomic E-state index is -0.592. The van der Waals surface area contributed by atoms with Crippen LogP contribution in [-0.2, 0) is 11.2 Å². The van der Waals surface area contributed by atoms with Crippen molar-refractivity contribution in [3.63, 3.8) is 0 Å². The fourth-order valence-electron chi connectivity index (χ4n) is 5.34. The maximum absolute atomic E-state index is 11.9. The van der Waals surface area contributed by atoms with Crippen molar-refractivity contribution < 1.29 is 9.90 Å². The van der Waals surface area contributed by atoms with Gasteiger partial charge in [0.1, 0.15) is 16.1 Å². The maximum atomic E-state index is 11.9. The summed E-state index contributed by atoms with van der Waals surface area (Å²) < 4.78 is 0. The first-order valence-corrected chi connectivity index (χ1v) is 13.6. The van der Waals surface area contributed by atoms with Crippen LogP contribution in [0.3, 0.4) is 0 Å². The molecule has 0 bridgehead atoms. The van der Waals surface area contributed by atoms with Gasteiger partial charge in [0.2, 0.25) is 5.91 Å². The number of para-hydroxylation sites is 1. The van der Waals surface area contributed by atoms with Crippen LogP contribution in [0.4, 0.5) is 5.82 Å². The lowest BCUT2D eigenvalue weighted by molar-refractivity contribution is -0.117. The third-order valence-corrected chi connectivity index (χ3v) is 8.57. The number of fused-ring (bicyclic) bond motifs is 2.